The van der Waals surface area contributed by atoms with Crippen LogP contribution in [-0.2, 0) is 11.3 Å². The highest BCUT2D eigenvalue weighted by Crippen LogP contribution is 2.26. The number of ether oxygens (including phenoxy) is 2. The van der Waals surface area contributed by atoms with E-state index in [1.807, 2.05) is 68.4 Å². The van der Waals surface area contributed by atoms with E-state index in [0.29, 0.717) is 12.3 Å². The number of methoxy groups -OCH3 is 1. The Kier molecular flexibility index (Phi) is 7.49. The standard InChI is InChI=1S/C26H27NO5/c1-18-9-11-20(12-10-18)16-27(19(2)21-7-5-4-6-8-21)25(28)17-32-24-15-22(31-3)13-14-23(24)26(29)30/h4-15,19H,16-17H2,1-3H3,(H,29,30)/t19-/m1/s1. The van der Waals surface area contributed by atoms with Gasteiger partial charge >= 0.3 is 5.97 Å². The maximum atomic E-state index is 13.3. The second-order valence-corrected chi connectivity index (χ2v) is 7.55. The van der Waals surface area contributed by atoms with E-state index >= 15 is 0 Å². The molecule has 32 heavy (non-hydrogen) atoms. The van der Waals surface area contributed by atoms with Gasteiger partial charge in [0.25, 0.3) is 5.91 Å². The van der Waals surface area contributed by atoms with Crippen LogP contribution in [0.15, 0.2) is 72.8 Å². The van der Waals surface area contributed by atoms with Crippen LogP contribution in [0, 0.1) is 6.92 Å². The Balaban J connectivity index is 1.83. The monoisotopic (exact) mass is 433 g/mol. The third kappa shape index (κ3) is 5.66. The van der Waals surface area contributed by atoms with Crippen LogP contribution in [0.5, 0.6) is 11.5 Å². The number of carboxylic acid groups (broad SMARTS) is 1. The highest BCUT2D eigenvalue weighted by atomic mass is 16.5. The van der Waals surface area contributed by atoms with E-state index in [-0.39, 0.29) is 29.9 Å². The fourth-order valence-corrected chi connectivity index (χ4v) is 3.39. The van der Waals surface area contributed by atoms with E-state index in [9.17, 15) is 14.7 Å². The summed E-state index contributed by atoms with van der Waals surface area (Å²) in [5, 5.41) is 9.44. The van der Waals surface area contributed by atoms with Gasteiger partial charge in [0.15, 0.2) is 6.61 Å². The second-order valence-electron chi connectivity index (χ2n) is 7.55. The van der Waals surface area contributed by atoms with Crippen LogP contribution >= 0.6 is 0 Å². The van der Waals surface area contributed by atoms with Crippen LogP contribution in [0.25, 0.3) is 0 Å². The van der Waals surface area contributed by atoms with Crippen molar-refractivity contribution < 1.29 is 24.2 Å². The molecule has 3 rings (SSSR count). The number of amides is 1. The Hall–Kier alpha value is -3.80. The van der Waals surface area contributed by atoms with Crippen LogP contribution in [0.4, 0.5) is 0 Å². The first-order chi connectivity index (χ1) is 15.4. The number of carboxylic acids is 1. The largest absolute Gasteiger partial charge is 0.497 e. The van der Waals surface area contributed by atoms with Crippen molar-refractivity contribution in [3.63, 3.8) is 0 Å². The minimum atomic E-state index is -1.13. The molecule has 0 saturated heterocycles. The zero-order valence-corrected chi connectivity index (χ0v) is 18.4. The summed E-state index contributed by atoms with van der Waals surface area (Å²) in [7, 11) is 1.48. The first kappa shape index (κ1) is 22.9. The lowest BCUT2D eigenvalue weighted by molar-refractivity contribution is -0.136. The lowest BCUT2D eigenvalue weighted by Crippen LogP contribution is -2.36. The average Bonchev–Trinajstić information content (AvgIpc) is 2.82. The predicted octanol–water partition coefficient (Wildman–Crippen LogP) is 4.87. The Labute approximate surface area is 188 Å². The number of carbonyl (C=O) groups is 2. The summed E-state index contributed by atoms with van der Waals surface area (Å²) >= 11 is 0. The molecule has 0 aromatic heterocycles. The van der Waals surface area contributed by atoms with Crippen LogP contribution < -0.4 is 9.47 Å². The minimum Gasteiger partial charge on any atom is -0.497 e. The highest BCUT2D eigenvalue weighted by molar-refractivity contribution is 5.91. The van der Waals surface area contributed by atoms with Gasteiger partial charge in [-0.2, -0.15) is 0 Å². The van der Waals surface area contributed by atoms with Gasteiger partial charge in [-0.3, -0.25) is 4.79 Å². The molecule has 166 valence electrons. The first-order valence-electron chi connectivity index (χ1n) is 10.3. The molecule has 0 heterocycles. The number of nitrogens with zero attached hydrogens (tertiary/aromatic N) is 1. The smallest absolute Gasteiger partial charge is 0.339 e. The summed E-state index contributed by atoms with van der Waals surface area (Å²) in [5.41, 5.74) is 3.12. The molecule has 0 radical (unpaired) electrons. The molecule has 3 aromatic carbocycles. The van der Waals surface area contributed by atoms with Gasteiger partial charge in [-0.1, -0.05) is 60.2 Å². The lowest BCUT2D eigenvalue weighted by atomic mass is 10.1. The predicted molar refractivity (Wildman–Crippen MR) is 122 cm³/mol. The van der Waals surface area contributed by atoms with Gasteiger partial charge < -0.3 is 19.5 Å². The van der Waals surface area contributed by atoms with Crippen LogP contribution in [0.3, 0.4) is 0 Å². The number of aromatic carboxylic acids is 1. The number of benzene rings is 3. The SMILES string of the molecule is COc1ccc(C(=O)O)c(OCC(=O)N(Cc2ccc(C)cc2)[C@H](C)c2ccccc2)c1. The van der Waals surface area contributed by atoms with Gasteiger partial charge in [0.1, 0.15) is 17.1 Å². The maximum Gasteiger partial charge on any atom is 0.339 e. The zero-order chi connectivity index (χ0) is 23.1. The Bertz CT molecular complexity index is 1060. The van der Waals surface area contributed by atoms with Gasteiger partial charge in [0.2, 0.25) is 0 Å². The molecule has 0 aliphatic rings. The molecule has 6 heteroatoms. The minimum absolute atomic E-state index is 0.0280. The van der Waals surface area contributed by atoms with Gasteiger partial charge in [0, 0.05) is 12.6 Å². The lowest BCUT2D eigenvalue weighted by Gasteiger charge is -2.30. The van der Waals surface area contributed by atoms with Gasteiger partial charge in [-0.25, -0.2) is 4.79 Å². The van der Waals surface area contributed by atoms with Crippen LogP contribution in [-0.4, -0.2) is 35.6 Å². The maximum absolute atomic E-state index is 13.3. The third-order valence-electron chi connectivity index (χ3n) is 5.31. The third-order valence-corrected chi connectivity index (χ3v) is 5.31. The molecule has 0 aliphatic carbocycles. The van der Waals surface area contributed by atoms with E-state index in [2.05, 4.69) is 0 Å². The van der Waals surface area contributed by atoms with E-state index in [1.165, 1.54) is 19.2 Å². The van der Waals surface area contributed by atoms with Crippen molar-refractivity contribution in [2.45, 2.75) is 26.4 Å². The zero-order valence-electron chi connectivity index (χ0n) is 18.4. The van der Waals surface area contributed by atoms with Crippen molar-refractivity contribution in [2.24, 2.45) is 0 Å². The van der Waals surface area contributed by atoms with Gasteiger partial charge in [-0.05, 0) is 37.1 Å². The summed E-state index contributed by atoms with van der Waals surface area (Å²) in [6.07, 6.45) is 0. The molecular formula is C26H27NO5. The summed E-state index contributed by atoms with van der Waals surface area (Å²) < 4.78 is 10.8. The molecule has 1 atom stereocenters. The summed E-state index contributed by atoms with van der Waals surface area (Å²) in [4.78, 5) is 26.5. The molecule has 0 fully saturated rings. The van der Waals surface area contributed by atoms with Crippen molar-refractivity contribution >= 4 is 11.9 Å². The fourth-order valence-electron chi connectivity index (χ4n) is 3.39. The normalized spacial score (nSPS) is 11.5. The van der Waals surface area contributed by atoms with Crippen molar-refractivity contribution in [1.29, 1.82) is 0 Å². The summed E-state index contributed by atoms with van der Waals surface area (Å²) in [6.45, 7) is 4.09. The molecule has 1 N–H and O–H groups in total. The van der Waals surface area contributed by atoms with E-state index in [4.69, 9.17) is 9.47 Å². The molecule has 0 aliphatic heterocycles. The first-order valence-corrected chi connectivity index (χ1v) is 10.3. The Morgan fingerprint density at radius 3 is 2.31 bits per heavy atom. The van der Waals surface area contributed by atoms with Crippen molar-refractivity contribution in [3.05, 3.63) is 95.1 Å². The summed E-state index contributed by atoms with van der Waals surface area (Å²) in [5.74, 6) is -0.843. The molecule has 0 unspecified atom stereocenters. The Morgan fingerprint density at radius 2 is 1.69 bits per heavy atom. The molecule has 6 nitrogen and oxygen atoms in total. The topological polar surface area (TPSA) is 76.1 Å². The molecule has 0 bridgehead atoms. The molecule has 0 saturated carbocycles. The quantitative estimate of drug-likeness (QED) is 0.521. The van der Waals surface area contributed by atoms with Crippen LogP contribution in [0.2, 0.25) is 0 Å². The number of rotatable bonds is 9. The van der Waals surface area contributed by atoms with E-state index in [0.717, 1.165) is 16.7 Å². The number of carbonyl (C=O) groups excluding carboxylic acids is 1. The van der Waals surface area contributed by atoms with Crippen molar-refractivity contribution in [3.8, 4) is 11.5 Å². The van der Waals surface area contributed by atoms with Crippen molar-refractivity contribution in [1.82, 2.24) is 4.90 Å². The Morgan fingerprint density at radius 1 is 1.00 bits per heavy atom. The van der Waals surface area contributed by atoms with Crippen molar-refractivity contribution in [2.75, 3.05) is 13.7 Å². The van der Waals surface area contributed by atoms with Crippen LogP contribution in [0.1, 0.15) is 40.0 Å². The van der Waals surface area contributed by atoms with E-state index in [1.54, 1.807) is 11.0 Å². The number of aryl methyl sites for hydroxylation is 1. The second kappa shape index (κ2) is 10.5. The summed E-state index contributed by atoms with van der Waals surface area (Å²) in [6, 6.07) is 22.0. The highest BCUT2D eigenvalue weighted by Gasteiger charge is 2.23. The molecule has 0 spiro atoms. The van der Waals surface area contributed by atoms with Gasteiger partial charge in [-0.15, -0.1) is 0 Å². The fraction of sp³-hybridized carbons (Fsp3) is 0.231. The van der Waals surface area contributed by atoms with E-state index < -0.39 is 5.97 Å². The number of hydrogen-bond acceptors (Lipinski definition) is 4. The number of hydrogen-bond donors (Lipinski definition) is 1. The molecule has 1 amide bonds. The average molecular weight is 434 g/mol. The molecular weight excluding hydrogens is 406 g/mol. The molecule has 3 aromatic rings. The van der Waals surface area contributed by atoms with Gasteiger partial charge in [0.05, 0.1) is 13.2 Å².